The van der Waals surface area contributed by atoms with Crippen molar-refractivity contribution in [2.24, 2.45) is 0 Å². The molecule has 4 rings (SSSR count). The first-order valence-electron chi connectivity index (χ1n) is 11.2. The van der Waals surface area contributed by atoms with Crippen molar-refractivity contribution in [3.63, 3.8) is 0 Å². The number of halogens is 2. The van der Waals surface area contributed by atoms with Gasteiger partial charge in [0.2, 0.25) is 0 Å². The van der Waals surface area contributed by atoms with Gasteiger partial charge in [0.15, 0.2) is 0 Å². The first-order valence-corrected chi connectivity index (χ1v) is 11.2. The molecule has 4 nitrogen and oxygen atoms in total. The van der Waals surface area contributed by atoms with Crippen LogP contribution in [0.4, 0.5) is 8.78 Å². The lowest BCUT2D eigenvalue weighted by atomic mass is 10.0. The summed E-state index contributed by atoms with van der Waals surface area (Å²) in [7, 11) is 0. The van der Waals surface area contributed by atoms with Crippen molar-refractivity contribution < 1.29 is 18.3 Å². The molecule has 1 aliphatic rings. The summed E-state index contributed by atoms with van der Waals surface area (Å²) < 4.78 is 33.0. The van der Waals surface area contributed by atoms with Crippen LogP contribution < -0.4 is 0 Å². The lowest BCUT2D eigenvalue weighted by molar-refractivity contribution is 0.0408. The smallest absolute Gasteiger partial charge is 0.253 e. The van der Waals surface area contributed by atoms with Gasteiger partial charge in [0.1, 0.15) is 17.7 Å². The largest absolute Gasteiger partial charge is 0.367 e. The second kappa shape index (κ2) is 10.7. The third-order valence-corrected chi connectivity index (χ3v) is 6.00. The summed E-state index contributed by atoms with van der Waals surface area (Å²) in [6, 6.07) is 20.1. The van der Waals surface area contributed by atoms with Crippen LogP contribution in [0.5, 0.6) is 0 Å². The van der Waals surface area contributed by atoms with Gasteiger partial charge < -0.3 is 9.64 Å². The fraction of sp³-hybridized carbons (Fsp3) is 0.296. The van der Waals surface area contributed by atoms with E-state index in [1.807, 2.05) is 36.1 Å². The van der Waals surface area contributed by atoms with Gasteiger partial charge >= 0.3 is 0 Å². The molecule has 0 aromatic heterocycles. The van der Waals surface area contributed by atoms with Crippen LogP contribution in [0.1, 0.15) is 33.2 Å². The molecule has 0 N–H and O–H groups in total. The molecule has 0 bridgehead atoms. The predicted octanol–water partition coefficient (Wildman–Crippen LogP) is 4.84. The summed E-state index contributed by atoms with van der Waals surface area (Å²) in [5.41, 5.74) is 3.49. The normalized spacial score (nSPS) is 14.6. The lowest BCUT2D eigenvalue weighted by Gasteiger charge is -2.35. The maximum Gasteiger partial charge on any atom is 0.253 e. The second-order valence-electron chi connectivity index (χ2n) is 8.35. The van der Waals surface area contributed by atoms with E-state index in [1.54, 1.807) is 24.3 Å². The molecular formula is C27H28F2N2O2. The summed E-state index contributed by atoms with van der Waals surface area (Å²) in [4.78, 5) is 16.9. The Morgan fingerprint density at radius 3 is 1.85 bits per heavy atom. The van der Waals surface area contributed by atoms with Gasteiger partial charge in [0, 0.05) is 38.3 Å². The van der Waals surface area contributed by atoms with Crippen LogP contribution in [0.2, 0.25) is 0 Å². The molecule has 3 aromatic rings. The van der Waals surface area contributed by atoms with Gasteiger partial charge in [0.25, 0.3) is 5.91 Å². The van der Waals surface area contributed by atoms with Crippen molar-refractivity contribution in [3.8, 4) is 0 Å². The van der Waals surface area contributed by atoms with Crippen LogP contribution in [0.15, 0.2) is 72.8 Å². The maximum absolute atomic E-state index is 13.4. The number of amides is 1. The first-order chi connectivity index (χ1) is 16.0. The van der Waals surface area contributed by atoms with Gasteiger partial charge in [-0.2, -0.15) is 0 Å². The molecule has 6 heteroatoms. The number of piperazine rings is 1. The van der Waals surface area contributed by atoms with Crippen molar-refractivity contribution in [2.75, 3.05) is 39.3 Å². The average molecular weight is 451 g/mol. The topological polar surface area (TPSA) is 32.8 Å². The Bertz CT molecular complexity index is 999. The van der Waals surface area contributed by atoms with Crippen LogP contribution in [0.25, 0.3) is 0 Å². The number of carbonyl (C=O) groups is 1. The molecule has 33 heavy (non-hydrogen) atoms. The van der Waals surface area contributed by atoms with Crippen molar-refractivity contribution in [1.82, 2.24) is 9.80 Å². The van der Waals surface area contributed by atoms with Gasteiger partial charge in [-0.3, -0.25) is 9.69 Å². The van der Waals surface area contributed by atoms with E-state index >= 15 is 0 Å². The van der Waals surface area contributed by atoms with Crippen LogP contribution in [-0.4, -0.2) is 55.0 Å². The Morgan fingerprint density at radius 2 is 1.33 bits per heavy atom. The highest BCUT2D eigenvalue weighted by Crippen LogP contribution is 2.26. The zero-order valence-electron chi connectivity index (χ0n) is 18.7. The number of aryl methyl sites for hydroxylation is 1. The molecule has 3 aromatic carbocycles. The van der Waals surface area contributed by atoms with Gasteiger partial charge in [-0.15, -0.1) is 0 Å². The second-order valence-corrected chi connectivity index (χ2v) is 8.35. The standard InChI is InChI=1S/C27H28F2N2O2/c1-20-2-4-23(5-3-20)27(32)31-16-14-30(15-17-31)18-19-33-26(21-6-10-24(28)11-7-21)22-8-12-25(29)13-9-22/h2-13,26H,14-19H2,1H3. The summed E-state index contributed by atoms with van der Waals surface area (Å²) in [5, 5.41) is 0. The minimum atomic E-state index is -0.407. The Hall–Kier alpha value is -3.09. The minimum absolute atomic E-state index is 0.0681. The highest BCUT2D eigenvalue weighted by atomic mass is 19.1. The quantitative estimate of drug-likeness (QED) is 0.517. The fourth-order valence-corrected chi connectivity index (χ4v) is 4.01. The molecule has 0 unspecified atom stereocenters. The number of nitrogens with zero attached hydrogens (tertiary/aromatic N) is 2. The highest BCUT2D eigenvalue weighted by Gasteiger charge is 2.22. The molecular weight excluding hydrogens is 422 g/mol. The summed E-state index contributed by atoms with van der Waals surface area (Å²) in [6.45, 7) is 6.08. The van der Waals surface area contributed by atoms with Crippen molar-refractivity contribution in [1.29, 1.82) is 0 Å². The molecule has 0 aliphatic carbocycles. The maximum atomic E-state index is 13.4. The number of carbonyl (C=O) groups excluding carboxylic acids is 1. The van der Waals surface area contributed by atoms with E-state index in [0.29, 0.717) is 26.2 Å². The summed E-state index contributed by atoms with van der Waals surface area (Å²) in [6.07, 6.45) is -0.407. The van der Waals surface area contributed by atoms with Crippen LogP contribution >= 0.6 is 0 Å². The zero-order chi connectivity index (χ0) is 23.2. The summed E-state index contributed by atoms with van der Waals surface area (Å²) in [5.74, 6) is -0.553. The lowest BCUT2D eigenvalue weighted by Crippen LogP contribution is -2.49. The van der Waals surface area contributed by atoms with Crippen LogP contribution in [0.3, 0.4) is 0 Å². The summed E-state index contributed by atoms with van der Waals surface area (Å²) >= 11 is 0. The number of ether oxygens (including phenoxy) is 1. The molecule has 172 valence electrons. The van der Waals surface area contributed by atoms with E-state index in [4.69, 9.17) is 4.74 Å². The number of hydrogen-bond donors (Lipinski definition) is 0. The molecule has 1 aliphatic heterocycles. The monoisotopic (exact) mass is 450 g/mol. The zero-order valence-corrected chi connectivity index (χ0v) is 18.7. The van der Waals surface area contributed by atoms with Gasteiger partial charge in [-0.1, -0.05) is 42.0 Å². The molecule has 0 radical (unpaired) electrons. The van der Waals surface area contributed by atoms with Crippen LogP contribution in [0, 0.1) is 18.6 Å². The van der Waals surface area contributed by atoms with Crippen molar-refractivity contribution in [3.05, 3.63) is 107 Å². The Kier molecular flexibility index (Phi) is 7.47. The minimum Gasteiger partial charge on any atom is -0.367 e. The molecule has 0 spiro atoms. The third-order valence-electron chi connectivity index (χ3n) is 6.00. The van der Waals surface area contributed by atoms with E-state index in [9.17, 15) is 13.6 Å². The average Bonchev–Trinajstić information content (AvgIpc) is 2.84. The van der Waals surface area contributed by atoms with E-state index in [-0.39, 0.29) is 17.5 Å². The molecule has 0 atom stereocenters. The van der Waals surface area contributed by atoms with E-state index in [0.717, 1.165) is 35.3 Å². The predicted molar refractivity (Wildman–Crippen MR) is 124 cm³/mol. The van der Waals surface area contributed by atoms with Crippen molar-refractivity contribution in [2.45, 2.75) is 13.0 Å². The molecule has 1 amide bonds. The Morgan fingerprint density at radius 1 is 0.818 bits per heavy atom. The SMILES string of the molecule is Cc1ccc(C(=O)N2CCN(CCOC(c3ccc(F)cc3)c3ccc(F)cc3)CC2)cc1. The Balaban J connectivity index is 1.31. The first kappa shape index (κ1) is 23.1. The van der Waals surface area contributed by atoms with E-state index in [2.05, 4.69) is 4.90 Å². The van der Waals surface area contributed by atoms with E-state index < -0.39 is 6.10 Å². The number of hydrogen-bond acceptors (Lipinski definition) is 3. The molecule has 1 fully saturated rings. The number of rotatable bonds is 7. The van der Waals surface area contributed by atoms with E-state index in [1.165, 1.54) is 24.3 Å². The van der Waals surface area contributed by atoms with Gasteiger partial charge in [0.05, 0.1) is 6.61 Å². The van der Waals surface area contributed by atoms with Gasteiger partial charge in [-0.25, -0.2) is 8.78 Å². The Labute approximate surface area is 193 Å². The van der Waals surface area contributed by atoms with Crippen LogP contribution in [-0.2, 0) is 4.74 Å². The molecule has 0 saturated carbocycles. The third kappa shape index (κ3) is 6.03. The molecule has 1 saturated heterocycles. The number of benzene rings is 3. The van der Waals surface area contributed by atoms with Gasteiger partial charge in [-0.05, 0) is 54.4 Å². The molecule has 1 heterocycles. The fourth-order valence-electron chi connectivity index (χ4n) is 4.01. The highest BCUT2D eigenvalue weighted by molar-refractivity contribution is 5.94. The van der Waals surface area contributed by atoms with Crippen molar-refractivity contribution >= 4 is 5.91 Å².